The first-order valence-corrected chi connectivity index (χ1v) is 4.85. The number of hydrogen-bond acceptors (Lipinski definition) is 3. The lowest BCUT2D eigenvalue weighted by Gasteiger charge is -2.01. The molecule has 0 atom stereocenters. The predicted molar refractivity (Wildman–Crippen MR) is 58.4 cm³/mol. The first-order valence-electron chi connectivity index (χ1n) is 4.47. The number of carboxylic acids is 1. The first-order chi connectivity index (χ1) is 7.61. The topological polar surface area (TPSA) is 68.0 Å². The van der Waals surface area contributed by atoms with Crippen molar-refractivity contribution in [2.45, 2.75) is 0 Å². The lowest BCUT2D eigenvalue weighted by Crippen LogP contribution is -2.05. The van der Waals surface area contributed by atoms with Crippen LogP contribution < -0.4 is 0 Å². The monoisotopic (exact) mass is 237 g/mol. The molecular weight excluding hydrogens is 230 g/mol. The molecule has 1 N–H and O–H groups in total. The maximum absolute atomic E-state index is 10.9. The summed E-state index contributed by atoms with van der Waals surface area (Å²) in [5, 5.41) is 8.93. The van der Waals surface area contributed by atoms with E-state index >= 15 is 0 Å². The average Bonchev–Trinajstić information content (AvgIpc) is 2.55. The molecule has 2 heterocycles. The SMILES string of the molecule is Cn1c(-c2cccnc2)nc(Cl)c1C(=O)O. The van der Waals surface area contributed by atoms with Gasteiger partial charge in [-0.3, -0.25) is 4.98 Å². The highest BCUT2D eigenvalue weighted by Gasteiger charge is 2.19. The molecule has 0 bridgehead atoms. The highest BCUT2D eigenvalue weighted by molar-refractivity contribution is 6.32. The maximum atomic E-state index is 10.9. The third kappa shape index (κ3) is 1.65. The fraction of sp³-hybridized carbons (Fsp3) is 0.100. The largest absolute Gasteiger partial charge is 0.476 e. The number of nitrogens with zero attached hydrogens (tertiary/aromatic N) is 3. The normalized spacial score (nSPS) is 10.4. The van der Waals surface area contributed by atoms with Crippen LogP contribution in [0.2, 0.25) is 5.15 Å². The highest BCUT2D eigenvalue weighted by Crippen LogP contribution is 2.23. The molecule has 0 aliphatic heterocycles. The van der Waals surface area contributed by atoms with Crippen LogP contribution in [0.25, 0.3) is 11.4 Å². The summed E-state index contributed by atoms with van der Waals surface area (Å²) in [6.07, 6.45) is 3.23. The number of carboxylic acid groups (broad SMARTS) is 1. The molecule has 0 saturated carbocycles. The third-order valence-corrected chi connectivity index (χ3v) is 2.44. The Balaban J connectivity index is 2.61. The van der Waals surface area contributed by atoms with Crippen molar-refractivity contribution in [2.24, 2.45) is 7.05 Å². The summed E-state index contributed by atoms with van der Waals surface area (Å²) < 4.78 is 1.43. The zero-order chi connectivity index (χ0) is 11.7. The van der Waals surface area contributed by atoms with E-state index in [1.807, 2.05) is 0 Å². The Morgan fingerprint density at radius 2 is 2.31 bits per heavy atom. The van der Waals surface area contributed by atoms with Crippen LogP contribution in [0, 0.1) is 0 Å². The summed E-state index contributed by atoms with van der Waals surface area (Å²) in [7, 11) is 1.60. The van der Waals surface area contributed by atoms with Gasteiger partial charge in [0.25, 0.3) is 0 Å². The Labute approximate surface area is 96.3 Å². The molecule has 5 nitrogen and oxygen atoms in total. The molecule has 0 aromatic carbocycles. The van der Waals surface area contributed by atoms with Crippen LogP contribution in [-0.4, -0.2) is 25.6 Å². The molecular formula is C10H8ClN3O2. The predicted octanol–water partition coefficient (Wildman–Crippen LogP) is 1.83. The molecule has 0 aliphatic rings. The Hall–Kier alpha value is -1.88. The fourth-order valence-electron chi connectivity index (χ4n) is 1.45. The molecule has 0 aliphatic carbocycles. The number of halogens is 1. The van der Waals surface area contributed by atoms with E-state index < -0.39 is 5.97 Å². The summed E-state index contributed by atoms with van der Waals surface area (Å²) in [5.74, 6) is -0.620. The van der Waals surface area contributed by atoms with E-state index in [2.05, 4.69) is 9.97 Å². The van der Waals surface area contributed by atoms with E-state index in [4.69, 9.17) is 16.7 Å². The number of hydrogen-bond donors (Lipinski definition) is 1. The average molecular weight is 238 g/mol. The van der Waals surface area contributed by atoms with Gasteiger partial charge in [-0.05, 0) is 12.1 Å². The summed E-state index contributed by atoms with van der Waals surface area (Å²) in [6.45, 7) is 0. The molecule has 82 valence electrons. The van der Waals surface area contributed by atoms with Crippen molar-refractivity contribution < 1.29 is 9.90 Å². The number of imidazole rings is 1. The van der Waals surface area contributed by atoms with Gasteiger partial charge in [0.15, 0.2) is 10.8 Å². The van der Waals surface area contributed by atoms with Gasteiger partial charge in [-0.1, -0.05) is 11.6 Å². The van der Waals surface area contributed by atoms with E-state index in [0.29, 0.717) is 5.82 Å². The molecule has 2 aromatic heterocycles. The van der Waals surface area contributed by atoms with Crippen molar-refractivity contribution in [3.63, 3.8) is 0 Å². The minimum absolute atomic E-state index is 0.0196. The Morgan fingerprint density at radius 3 is 2.81 bits per heavy atom. The van der Waals surface area contributed by atoms with Gasteiger partial charge >= 0.3 is 5.97 Å². The van der Waals surface area contributed by atoms with Crippen LogP contribution in [-0.2, 0) is 7.05 Å². The molecule has 0 radical (unpaired) electrons. The van der Waals surface area contributed by atoms with E-state index in [-0.39, 0.29) is 10.8 Å². The molecule has 16 heavy (non-hydrogen) atoms. The van der Waals surface area contributed by atoms with E-state index in [1.54, 1.807) is 31.6 Å². The Morgan fingerprint density at radius 1 is 1.56 bits per heavy atom. The fourth-order valence-corrected chi connectivity index (χ4v) is 1.74. The standard InChI is InChI=1S/C10H8ClN3O2/c1-14-7(10(15)16)8(11)13-9(14)6-3-2-4-12-5-6/h2-5H,1H3,(H,15,16). The van der Waals surface area contributed by atoms with Crippen LogP contribution >= 0.6 is 11.6 Å². The molecule has 2 aromatic rings. The van der Waals surface area contributed by atoms with E-state index in [0.717, 1.165) is 5.56 Å². The number of rotatable bonds is 2. The molecule has 2 rings (SSSR count). The van der Waals surface area contributed by atoms with Gasteiger partial charge in [-0.2, -0.15) is 0 Å². The van der Waals surface area contributed by atoms with Crippen molar-refractivity contribution in [1.29, 1.82) is 0 Å². The summed E-state index contributed by atoms with van der Waals surface area (Å²) in [6, 6.07) is 3.54. The number of aromatic nitrogens is 3. The van der Waals surface area contributed by atoms with Crippen LogP contribution in [0.1, 0.15) is 10.5 Å². The van der Waals surface area contributed by atoms with Gasteiger partial charge in [0.05, 0.1) is 0 Å². The lowest BCUT2D eigenvalue weighted by molar-refractivity contribution is 0.0687. The number of carbonyl (C=O) groups is 1. The van der Waals surface area contributed by atoms with Crippen molar-refractivity contribution >= 4 is 17.6 Å². The van der Waals surface area contributed by atoms with Gasteiger partial charge in [0.1, 0.15) is 5.82 Å². The second kappa shape index (κ2) is 3.94. The smallest absolute Gasteiger partial charge is 0.355 e. The highest BCUT2D eigenvalue weighted by atomic mass is 35.5. The lowest BCUT2D eigenvalue weighted by atomic mass is 10.3. The minimum Gasteiger partial charge on any atom is -0.476 e. The number of pyridine rings is 1. The summed E-state index contributed by atoms with van der Waals surface area (Å²) in [5.41, 5.74) is 0.694. The molecule has 0 fully saturated rings. The molecule has 0 amide bonds. The van der Waals surface area contributed by atoms with Crippen molar-refractivity contribution in [1.82, 2.24) is 14.5 Å². The summed E-state index contributed by atoms with van der Waals surface area (Å²) >= 11 is 5.76. The van der Waals surface area contributed by atoms with Crippen LogP contribution in [0.3, 0.4) is 0 Å². The molecule has 0 saturated heterocycles. The summed E-state index contributed by atoms with van der Waals surface area (Å²) in [4.78, 5) is 18.9. The van der Waals surface area contributed by atoms with Crippen LogP contribution in [0.15, 0.2) is 24.5 Å². The van der Waals surface area contributed by atoms with E-state index in [1.165, 1.54) is 4.57 Å². The second-order valence-corrected chi connectivity index (χ2v) is 3.54. The molecule has 6 heteroatoms. The molecule has 0 spiro atoms. The zero-order valence-electron chi connectivity index (χ0n) is 8.38. The van der Waals surface area contributed by atoms with Crippen molar-refractivity contribution in [3.8, 4) is 11.4 Å². The Bertz CT molecular complexity index is 536. The minimum atomic E-state index is -1.10. The van der Waals surface area contributed by atoms with Crippen molar-refractivity contribution in [3.05, 3.63) is 35.4 Å². The van der Waals surface area contributed by atoms with Gasteiger partial charge in [0.2, 0.25) is 0 Å². The van der Waals surface area contributed by atoms with Gasteiger partial charge < -0.3 is 9.67 Å². The van der Waals surface area contributed by atoms with Crippen LogP contribution in [0.5, 0.6) is 0 Å². The van der Waals surface area contributed by atoms with E-state index in [9.17, 15) is 4.79 Å². The van der Waals surface area contributed by atoms with Gasteiger partial charge in [-0.25, -0.2) is 9.78 Å². The number of aromatic carboxylic acids is 1. The molecule has 0 unspecified atom stereocenters. The van der Waals surface area contributed by atoms with Gasteiger partial charge in [-0.15, -0.1) is 0 Å². The van der Waals surface area contributed by atoms with Crippen LogP contribution in [0.4, 0.5) is 0 Å². The maximum Gasteiger partial charge on any atom is 0.355 e. The van der Waals surface area contributed by atoms with Gasteiger partial charge in [0, 0.05) is 25.0 Å². The van der Waals surface area contributed by atoms with Crippen molar-refractivity contribution in [2.75, 3.05) is 0 Å². The first kappa shape index (κ1) is 10.6. The third-order valence-electron chi connectivity index (χ3n) is 2.17. The second-order valence-electron chi connectivity index (χ2n) is 3.18. The Kier molecular flexibility index (Phi) is 2.62. The quantitative estimate of drug-likeness (QED) is 0.865. The zero-order valence-corrected chi connectivity index (χ0v) is 9.14.